The molecule has 0 heteroatoms. The third kappa shape index (κ3) is 2.37. The Kier molecular flexibility index (Phi) is 3.80. The van der Waals surface area contributed by atoms with Crippen LogP contribution in [0.5, 0.6) is 0 Å². The summed E-state index contributed by atoms with van der Waals surface area (Å²) in [5.74, 6) is 0. The topological polar surface area (TPSA) is 0 Å². The first-order valence-electron chi connectivity index (χ1n) is 12.6. The Morgan fingerprint density at radius 1 is 0.457 bits per heavy atom. The summed E-state index contributed by atoms with van der Waals surface area (Å²) in [5.41, 5.74) is 13.5. The van der Waals surface area contributed by atoms with Crippen LogP contribution in [0, 0.1) is 0 Å². The van der Waals surface area contributed by atoms with Gasteiger partial charge in [-0.3, -0.25) is 0 Å². The van der Waals surface area contributed by atoms with Crippen molar-refractivity contribution in [2.45, 2.75) is 18.3 Å². The molecule has 3 aliphatic carbocycles. The molecule has 0 saturated heterocycles. The van der Waals surface area contributed by atoms with Crippen LogP contribution in [0.2, 0.25) is 0 Å². The SMILES string of the molecule is C1=c2ccc3c(c2=CCC1)-c1ccc(-c2ccccc2)cc1C31c2ccccc2-c2ccccc21. The predicted molar refractivity (Wildman–Crippen MR) is 146 cm³/mol. The van der Waals surface area contributed by atoms with Crippen molar-refractivity contribution in [3.05, 3.63) is 142 Å². The van der Waals surface area contributed by atoms with Crippen LogP contribution in [-0.4, -0.2) is 0 Å². The summed E-state index contributed by atoms with van der Waals surface area (Å²) in [5, 5.41) is 2.80. The molecule has 35 heavy (non-hydrogen) atoms. The molecule has 0 bridgehead atoms. The van der Waals surface area contributed by atoms with Crippen molar-refractivity contribution in [3.63, 3.8) is 0 Å². The second-order valence-electron chi connectivity index (χ2n) is 9.94. The smallest absolute Gasteiger partial charge is 0.0725 e. The average Bonchev–Trinajstić information content (AvgIpc) is 3.41. The molecule has 0 nitrogen and oxygen atoms in total. The molecule has 1 spiro atoms. The van der Waals surface area contributed by atoms with E-state index in [4.69, 9.17) is 0 Å². The van der Waals surface area contributed by atoms with Crippen LogP contribution in [0.1, 0.15) is 35.1 Å². The molecule has 0 heterocycles. The molecule has 5 aromatic carbocycles. The van der Waals surface area contributed by atoms with Gasteiger partial charge in [0.2, 0.25) is 0 Å². The summed E-state index contributed by atoms with van der Waals surface area (Å²) in [6.07, 6.45) is 7.12. The van der Waals surface area contributed by atoms with E-state index < -0.39 is 0 Å². The molecule has 0 aliphatic heterocycles. The van der Waals surface area contributed by atoms with Crippen molar-refractivity contribution in [2.75, 3.05) is 0 Å². The van der Waals surface area contributed by atoms with Gasteiger partial charge in [-0.25, -0.2) is 0 Å². The maximum atomic E-state index is 2.47. The van der Waals surface area contributed by atoms with E-state index in [1.165, 1.54) is 66.1 Å². The number of hydrogen-bond donors (Lipinski definition) is 0. The Morgan fingerprint density at radius 2 is 1.14 bits per heavy atom. The molecule has 0 amide bonds. The van der Waals surface area contributed by atoms with Crippen molar-refractivity contribution in [3.8, 4) is 33.4 Å². The molecule has 0 N–H and O–H groups in total. The van der Waals surface area contributed by atoms with Crippen molar-refractivity contribution in [1.82, 2.24) is 0 Å². The highest BCUT2D eigenvalue weighted by Crippen LogP contribution is 2.62. The van der Waals surface area contributed by atoms with E-state index in [0.29, 0.717) is 0 Å². The summed E-state index contributed by atoms with van der Waals surface area (Å²) in [6.45, 7) is 0. The fourth-order valence-corrected chi connectivity index (χ4v) is 6.95. The molecule has 8 rings (SSSR count). The number of hydrogen-bond acceptors (Lipinski definition) is 0. The number of benzene rings is 5. The lowest BCUT2D eigenvalue weighted by Gasteiger charge is -2.30. The summed E-state index contributed by atoms with van der Waals surface area (Å²) in [6, 6.07) is 40.9. The first-order chi connectivity index (χ1) is 17.4. The largest absolute Gasteiger partial charge is 0.0763 e. The van der Waals surface area contributed by atoms with Gasteiger partial charge in [0.1, 0.15) is 0 Å². The van der Waals surface area contributed by atoms with Crippen LogP contribution >= 0.6 is 0 Å². The van der Waals surface area contributed by atoms with Gasteiger partial charge >= 0.3 is 0 Å². The zero-order chi connectivity index (χ0) is 23.0. The van der Waals surface area contributed by atoms with Crippen molar-refractivity contribution >= 4 is 12.2 Å². The predicted octanol–water partition coefficient (Wildman–Crippen LogP) is 7.05. The number of fused-ring (bicyclic) bond motifs is 12. The quantitative estimate of drug-likeness (QED) is 0.254. The Bertz CT molecular complexity index is 1740. The molecule has 0 atom stereocenters. The van der Waals surface area contributed by atoms with E-state index in [1.54, 1.807) is 0 Å². The highest BCUT2D eigenvalue weighted by atomic mass is 14.5. The summed E-state index contributed by atoms with van der Waals surface area (Å²) in [7, 11) is 0. The van der Waals surface area contributed by atoms with Crippen LogP contribution in [0.3, 0.4) is 0 Å². The minimum atomic E-state index is -0.289. The lowest BCUT2D eigenvalue weighted by Crippen LogP contribution is -2.32. The maximum absolute atomic E-state index is 2.47. The molecule has 5 aromatic rings. The van der Waals surface area contributed by atoms with Crippen LogP contribution in [0.15, 0.2) is 109 Å². The van der Waals surface area contributed by atoms with Gasteiger partial charge in [0.25, 0.3) is 0 Å². The van der Waals surface area contributed by atoms with Crippen LogP contribution < -0.4 is 10.4 Å². The van der Waals surface area contributed by atoms with Crippen LogP contribution in [-0.2, 0) is 5.41 Å². The molecule has 0 radical (unpaired) electrons. The minimum Gasteiger partial charge on any atom is -0.0763 e. The van der Waals surface area contributed by atoms with E-state index in [0.717, 1.165) is 12.8 Å². The zero-order valence-electron chi connectivity index (χ0n) is 19.5. The second kappa shape index (κ2) is 6.93. The second-order valence-corrected chi connectivity index (χ2v) is 9.94. The lowest BCUT2D eigenvalue weighted by atomic mass is 9.70. The first-order valence-corrected chi connectivity index (χ1v) is 12.6. The zero-order valence-corrected chi connectivity index (χ0v) is 19.5. The fourth-order valence-electron chi connectivity index (χ4n) is 6.95. The van der Waals surface area contributed by atoms with E-state index >= 15 is 0 Å². The third-order valence-electron chi connectivity index (χ3n) is 8.31. The minimum absolute atomic E-state index is 0.289. The van der Waals surface area contributed by atoms with E-state index in [1.807, 2.05) is 0 Å². The molecule has 0 unspecified atom stereocenters. The average molecular weight is 445 g/mol. The highest BCUT2D eigenvalue weighted by Gasteiger charge is 2.51. The van der Waals surface area contributed by atoms with Gasteiger partial charge in [0.15, 0.2) is 0 Å². The maximum Gasteiger partial charge on any atom is 0.0725 e. The number of rotatable bonds is 1. The van der Waals surface area contributed by atoms with Crippen molar-refractivity contribution in [2.24, 2.45) is 0 Å². The molecule has 3 aliphatic rings. The normalized spacial score (nSPS) is 15.3. The molecule has 164 valence electrons. The van der Waals surface area contributed by atoms with Gasteiger partial charge < -0.3 is 0 Å². The monoisotopic (exact) mass is 444 g/mol. The third-order valence-corrected chi connectivity index (χ3v) is 8.31. The first kappa shape index (κ1) is 19.2. The van der Waals surface area contributed by atoms with Gasteiger partial charge in [0, 0.05) is 0 Å². The Labute approximate surface area is 205 Å². The van der Waals surface area contributed by atoms with E-state index in [2.05, 4.69) is 121 Å². The highest BCUT2D eigenvalue weighted by molar-refractivity contribution is 5.96. The molecule has 0 fully saturated rings. The standard InChI is InChI=1S/C35H24/c1-2-10-23(11-3-1)25-18-20-29-33(22-25)35(32-21-19-24-12-4-5-13-26(24)34(29)32)30-16-8-6-14-27(30)28-15-7-9-17-31(28)35/h1-3,6-22H,4-5H2. The van der Waals surface area contributed by atoms with Crippen LogP contribution in [0.4, 0.5) is 0 Å². The van der Waals surface area contributed by atoms with Crippen molar-refractivity contribution < 1.29 is 0 Å². The van der Waals surface area contributed by atoms with Gasteiger partial charge in [-0.2, -0.15) is 0 Å². The van der Waals surface area contributed by atoms with E-state index in [-0.39, 0.29) is 5.41 Å². The summed E-state index contributed by atoms with van der Waals surface area (Å²) >= 11 is 0. The Morgan fingerprint density at radius 3 is 1.91 bits per heavy atom. The van der Waals surface area contributed by atoms with Gasteiger partial charge in [-0.1, -0.05) is 115 Å². The van der Waals surface area contributed by atoms with Crippen LogP contribution in [0.25, 0.3) is 45.5 Å². The lowest BCUT2D eigenvalue weighted by molar-refractivity contribution is 0.793. The molecule has 0 saturated carbocycles. The van der Waals surface area contributed by atoms with Gasteiger partial charge in [-0.05, 0) is 85.0 Å². The van der Waals surface area contributed by atoms with E-state index in [9.17, 15) is 0 Å². The van der Waals surface area contributed by atoms with Crippen molar-refractivity contribution in [1.29, 1.82) is 0 Å². The summed E-state index contributed by atoms with van der Waals surface area (Å²) in [4.78, 5) is 0. The Hall–Kier alpha value is -4.16. The molecular weight excluding hydrogens is 420 g/mol. The Balaban J connectivity index is 1.58. The molecular formula is C35H24. The molecule has 0 aromatic heterocycles. The summed E-state index contributed by atoms with van der Waals surface area (Å²) < 4.78 is 0. The fraction of sp³-hybridized carbons (Fsp3) is 0.0857. The van der Waals surface area contributed by atoms with Gasteiger partial charge in [0.05, 0.1) is 5.41 Å². The van der Waals surface area contributed by atoms with Gasteiger partial charge in [-0.15, -0.1) is 0 Å².